The molecule has 13 heavy (non-hydrogen) atoms. The fourth-order valence-electron chi connectivity index (χ4n) is 2.17. The van der Waals surface area contributed by atoms with Crippen LogP contribution in [0.3, 0.4) is 0 Å². The van der Waals surface area contributed by atoms with E-state index in [4.69, 9.17) is 14.6 Å². The SMILES string of the molecule is CC1(C)O[C@H]2C[C@H](C(=O)O)C[C@H]2O1. The van der Waals surface area contributed by atoms with E-state index in [1.807, 2.05) is 13.8 Å². The van der Waals surface area contributed by atoms with Gasteiger partial charge in [0.2, 0.25) is 0 Å². The molecule has 0 radical (unpaired) electrons. The van der Waals surface area contributed by atoms with E-state index < -0.39 is 11.8 Å². The molecule has 0 aromatic heterocycles. The van der Waals surface area contributed by atoms with Crippen LogP contribution < -0.4 is 0 Å². The Hall–Kier alpha value is -0.610. The van der Waals surface area contributed by atoms with E-state index in [1.165, 1.54) is 0 Å². The number of fused-ring (bicyclic) bond motifs is 1. The minimum absolute atomic E-state index is 0.0175. The molecule has 2 fully saturated rings. The van der Waals surface area contributed by atoms with Crippen LogP contribution in [0.15, 0.2) is 0 Å². The number of hydrogen-bond acceptors (Lipinski definition) is 3. The molecular formula is C9H14O4. The van der Waals surface area contributed by atoms with E-state index in [0.717, 1.165) is 0 Å². The van der Waals surface area contributed by atoms with Crippen LogP contribution in [0.5, 0.6) is 0 Å². The standard InChI is InChI=1S/C9H14O4/c1-9(2)12-6-3-5(8(10)11)4-7(6)13-9/h5-7H,3-4H2,1-2H3,(H,10,11)/t5-,6-,7+. The predicted octanol–water partition coefficient (Wildman–Crippen LogP) is 1.00. The summed E-state index contributed by atoms with van der Waals surface area (Å²) in [7, 11) is 0. The monoisotopic (exact) mass is 186 g/mol. The molecule has 0 amide bonds. The van der Waals surface area contributed by atoms with Gasteiger partial charge >= 0.3 is 5.97 Å². The van der Waals surface area contributed by atoms with Crippen molar-refractivity contribution >= 4 is 5.97 Å². The highest BCUT2D eigenvalue weighted by atomic mass is 16.8. The van der Waals surface area contributed by atoms with Crippen LogP contribution >= 0.6 is 0 Å². The number of aliphatic carboxylic acids is 1. The van der Waals surface area contributed by atoms with E-state index in [2.05, 4.69) is 0 Å². The van der Waals surface area contributed by atoms with Gasteiger partial charge in [-0.25, -0.2) is 0 Å². The van der Waals surface area contributed by atoms with Gasteiger partial charge < -0.3 is 14.6 Å². The van der Waals surface area contributed by atoms with Crippen LogP contribution in [0, 0.1) is 5.92 Å². The number of carbonyl (C=O) groups is 1. The second kappa shape index (κ2) is 2.69. The molecule has 1 heterocycles. The Bertz CT molecular complexity index is 220. The summed E-state index contributed by atoms with van der Waals surface area (Å²) in [6, 6.07) is 0. The van der Waals surface area contributed by atoms with Crippen LogP contribution in [0.1, 0.15) is 26.7 Å². The number of carboxylic acid groups (broad SMARTS) is 1. The summed E-state index contributed by atoms with van der Waals surface area (Å²) in [6.45, 7) is 3.72. The molecule has 2 rings (SSSR count). The lowest BCUT2D eigenvalue weighted by Crippen LogP contribution is -2.24. The molecule has 1 aliphatic heterocycles. The molecule has 74 valence electrons. The third-order valence-electron chi connectivity index (χ3n) is 2.67. The molecule has 4 nitrogen and oxygen atoms in total. The molecule has 2 aliphatic rings. The van der Waals surface area contributed by atoms with E-state index in [9.17, 15) is 4.79 Å². The topological polar surface area (TPSA) is 55.8 Å². The molecule has 0 spiro atoms. The molecule has 3 atom stereocenters. The van der Waals surface area contributed by atoms with Crippen molar-refractivity contribution in [3.63, 3.8) is 0 Å². The van der Waals surface area contributed by atoms with Crippen molar-refractivity contribution in [1.82, 2.24) is 0 Å². The average Bonchev–Trinajstić information content (AvgIpc) is 2.39. The van der Waals surface area contributed by atoms with Crippen molar-refractivity contribution in [2.45, 2.75) is 44.7 Å². The number of hydrogen-bond donors (Lipinski definition) is 1. The minimum Gasteiger partial charge on any atom is -0.481 e. The summed E-state index contributed by atoms with van der Waals surface area (Å²) in [5.74, 6) is -1.55. The van der Waals surface area contributed by atoms with Crippen LogP contribution in [0.25, 0.3) is 0 Å². The molecule has 0 aromatic carbocycles. The summed E-state index contributed by atoms with van der Waals surface area (Å²) in [4.78, 5) is 10.7. The Morgan fingerprint density at radius 2 is 1.77 bits per heavy atom. The van der Waals surface area contributed by atoms with Crippen LogP contribution in [-0.4, -0.2) is 29.1 Å². The Morgan fingerprint density at radius 1 is 1.31 bits per heavy atom. The zero-order chi connectivity index (χ0) is 9.64. The second-order valence-corrected chi connectivity index (χ2v) is 4.22. The van der Waals surface area contributed by atoms with Gasteiger partial charge in [-0.3, -0.25) is 4.79 Å². The molecular weight excluding hydrogens is 172 g/mol. The summed E-state index contributed by atoms with van der Waals surface area (Å²) in [5, 5.41) is 8.79. The van der Waals surface area contributed by atoms with E-state index in [1.54, 1.807) is 0 Å². The molecule has 0 bridgehead atoms. The quantitative estimate of drug-likeness (QED) is 0.663. The van der Waals surface area contributed by atoms with E-state index in [-0.39, 0.29) is 18.1 Å². The molecule has 0 aromatic rings. The van der Waals surface area contributed by atoms with Crippen molar-refractivity contribution in [2.75, 3.05) is 0 Å². The lowest BCUT2D eigenvalue weighted by molar-refractivity contribution is -0.161. The maximum Gasteiger partial charge on any atom is 0.306 e. The van der Waals surface area contributed by atoms with Crippen molar-refractivity contribution in [2.24, 2.45) is 5.92 Å². The van der Waals surface area contributed by atoms with Gasteiger partial charge in [-0.1, -0.05) is 0 Å². The molecule has 1 saturated heterocycles. The Kier molecular flexibility index (Phi) is 1.85. The van der Waals surface area contributed by atoms with Gasteiger partial charge in [-0.15, -0.1) is 0 Å². The van der Waals surface area contributed by atoms with Crippen LogP contribution in [0.4, 0.5) is 0 Å². The third-order valence-corrected chi connectivity index (χ3v) is 2.67. The minimum atomic E-state index is -0.737. The van der Waals surface area contributed by atoms with Crippen molar-refractivity contribution in [1.29, 1.82) is 0 Å². The molecule has 1 saturated carbocycles. The summed E-state index contributed by atoms with van der Waals surface area (Å²) in [5.41, 5.74) is 0. The number of rotatable bonds is 1. The largest absolute Gasteiger partial charge is 0.481 e. The summed E-state index contributed by atoms with van der Waals surface area (Å²) < 4.78 is 11.1. The first kappa shape index (κ1) is 8.97. The van der Waals surface area contributed by atoms with Gasteiger partial charge in [0.25, 0.3) is 0 Å². The first-order chi connectivity index (χ1) is 5.98. The fraction of sp³-hybridized carbons (Fsp3) is 0.889. The van der Waals surface area contributed by atoms with Gasteiger partial charge in [-0.2, -0.15) is 0 Å². The highest BCUT2D eigenvalue weighted by molar-refractivity contribution is 5.70. The van der Waals surface area contributed by atoms with Crippen molar-refractivity contribution < 1.29 is 19.4 Å². The van der Waals surface area contributed by atoms with Crippen LogP contribution in [0.2, 0.25) is 0 Å². The molecule has 1 aliphatic carbocycles. The smallest absolute Gasteiger partial charge is 0.306 e. The van der Waals surface area contributed by atoms with Crippen LogP contribution in [-0.2, 0) is 14.3 Å². The van der Waals surface area contributed by atoms with Gasteiger partial charge in [0.15, 0.2) is 5.79 Å². The van der Waals surface area contributed by atoms with Gasteiger partial charge in [0, 0.05) is 0 Å². The zero-order valence-corrected chi connectivity index (χ0v) is 7.82. The Morgan fingerprint density at radius 3 is 2.15 bits per heavy atom. The zero-order valence-electron chi connectivity index (χ0n) is 7.82. The number of ether oxygens (including phenoxy) is 2. The van der Waals surface area contributed by atoms with Gasteiger partial charge in [0.05, 0.1) is 18.1 Å². The second-order valence-electron chi connectivity index (χ2n) is 4.22. The highest BCUT2D eigenvalue weighted by Gasteiger charge is 2.49. The molecule has 1 N–H and O–H groups in total. The first-order valence-corrected chi connectivity index (χ1v) is 4.56. The lowest BCUT2D eigenvalue weighted by atomic mass is 10.1. The summed E-state index contributed by atoms with van der Waals surface area (Å²) in [6.07, 6.45) is 1.14. The first-order valence-electron chi connectivity index (χ1n) is 4.56. The van der Waals surface area contributed by atoms with Gasteiger partial charge in [-0.05, 0) is 26.7 Å². The molecule has 0 unspecified atom stereocenters. The fourth-order valence-corrected chi connectivity index (χ4v) is 2.17. The number of carboxylic acids is 1. The maximum atomic E-state index is 10.7. The van der Waals surface area contributed by atoms with Gasteiger partial charge in [0.1, 0.15) is 0 Å². The normalized spacial score (nSPS) is 41.8. The lowest BCUT2D eigenvalue weighted by Gasteiger charge is -2.19. The Labute approximate surface area is 76.8 Å². The Balaban J connectivity index is 2.01. The third kappa shape index (κ3) is 1.56. The van der Waals surface area contributed by atoms with E-state index >= 15 is 0 Å². The average molecular weight is 186 g/mol. The van der Waals surface area contributed by atoms with Crippen molar-refractivity contribution in [3.8, 4) is 0 Å². The highest BCUT2D eigenvalue weighted by Crippen LogP contribution is 2.40. The summed E-state index contributed by atoms with van der Waals surface area (Å²) >= 11 is 0. The predicted molar refractivity (Wildman–Crippen MR) is 44.2 cm³/mol. The molecule has 4 heteroatoms. The van der Waals surface area contributed by atoms with E-state index in [0.29, 0.717) is 12.8 Å². The van der Waals surface area contributed by atoms with Crippen molar-refractivity contribution in [3.05, 3.63) is 0 Å². The maximum absolute atomic E-state index is 10.7.